The third-order valence-corrected chi connectivity index (χ3v) is 3.27. The van der Waals surface area contributed by atoms with Crippen LogP contribution >= 0.6 is 11.6 Å². The second-order valence-corrected chi connectivity index (χ2v) is 5.46. The Morgan fingerprint density at radius 1 is 1.39 bits per heavy atom. The molecule has 4 heteroatoms. The van der Waals surface area contributed by atoms with Crippen molar-refractivity contribution in [3.05, 3.63) is 35.5 Å². The summed E-state index contributed by atoms with van der Waals surface area (Å²) in [5.74, 6) is -0.216. The number of aromatic nitrogens is 1. The van der Waals surface area contributed by atoms with E-state index in [1.54, 1.807) is 0 Å². The Balaban J connectivity index is 2.37. The largest absolute Gasteiger partial charge is 0.469 e. The lowest BCUT2D eigenvalue weighted by Crippen LogP contribution is -2.30. The van der Waals surface area contributed by atoms with E-state index >= 15 is 0 Å². The number of carbonyl (C=O) groups excluding carboxylic acids is 1. The maximum Gasteiger partial charge on any atom is 0.313 e. The molecule has 0 amide bonds. The summed E-state index contributed by atoms with van der Waals surface area (Å²) < 4.78 is 6.85. The summed E-state index contributed by atoms with van der Waals surface area (Å²) in [4.78, 5) is 11.7. The molecule has 1 aromatic carbocycles. The van der Waals surface area contributed by atoms with E-state index in [2.05, 4.69) is 0 Å². The fourth-order valence-electron chi connectivity index (χ4n) is 2.06. The first-order valence-electron chi connectivity index (χ1n) is 5.77. The van der Waals surface area contributed by atoms with Crippen molar-refractivity contribution in [3.8, 4) is 0 Å². The third kappa shape index (κ3) is 2.36. The van der Waals surface area contributed by atoms with Gasteiger partial charge in [-0.3, -0.25) is 4.79 Å². The van der Waals surface area contributed by atoms with Crippen LogP contribution < -0.4 is 0 Å². The van der Waals surface area contributed by atoms with Crippen LogP contribution in [0.1, 0.15) is 13.8 Å². The zero-order valence-corrected chi connectivity index (χ0v) is 11.5. The number of carbonyl (C=O) groups is 1. The number of ether oxygens (including phenoxy) is 1. The molecule has 1 aromatic heterocycles. The van der Waals surface area contributed by atoms with Crippen LogP contribution in [-0.2, 0) is 16.1 Å². The lowest BCUT2D eigenvalue weighted by molar-refractivity contribution is -0.151. The van der Waals surface area contributed by atoms with E-state index in [-0.39, 0.29) is 5.97 Å². The number of hydrogen-bond acceptors (Lipinski definition) is 2. The van der Waals surface area contributed by atoms with Gasteiger partial charge >= 0.3 is 5.97 Å². The number of halogens is 1. The van der Waals surface area contributed by atoms with Gasteiger partial charge in [-0.15, -0.1) is 0 Å². The number of hydrogen-bond donors (Lipinski definition) is 0. The molecule has 96 valence electrons. The van der Waals surface area contributed by atoms with Crippen LogP contribution in [0.15, 0.2) is 30.5 Å². The van der Waals surface area contributed by atoms with Crippen LogP contribution in [0.3, 0.4) is 0 Å². The Morgan fingerprint density at radius 2 is 2.11 bits per heavy atom. The number of esters is 1. The highest BCUT2D eigenvalue weighted by atomic mass is 35.5. The highest BCUT2D eigenvalue weighted by molar-refractivity contribution is 6.31. The topological polar surface area (TPSA) is 31.2 Å². The van der Waals surface area contributed by atoms with Gasteiger partial charge in [0, 0.05) is 23.3 Å². The lowest BCUT2D eigenvalue weighted by Gasteiger charge is -2.22. The number of methoxy groups -OCH3 is 1. The fraction of sp³-hybridized carbons (Fsp3) is 0.357. The molecule has 0 fully saturated rings. The predicted molar refractivity (Wildman–Crippen MR) is 72.7 cm³/mol. The molecular formula is C14H16ClNO2. The van der Waals surface area contributed by atoms with Gasteiger partial charge < -0.3 is 9.30 Å². The van der Waals surface area contributed by atoms with Gasteiger partial charge in [0.15, 0.2) is 0 Å². The van der Waals surface area contributed by atoms with Crippen molar-refractivity contribution in [2.45, 2.75) is 20.4 Å². The number of fused-ring (bicyclic) bond motifs is 1. The smallest absolute Gasteiger partial charge is 0.313 e. The summed E-state index contributed by atoms with van der Waals surface area (Å²) in [7, 11) is 1.41. The number of rotatable bonds is 3. The lowest BCUT2D eigenvalue weighted by atomic mass is 9.93. The number of nitrogens with zero attached hydrogens (tertiary/aromatic N) is 1. The molecule has 0 aliphatic rings. The van der Waals surface area contributed by atoms with E-state index in [9.17, 15) is 4.79 Å². The first-order valence-corrected chi connectivity index (χ1v) is 6.15. The minimum Gasteiger partial charge on any atom is -0.469 e. The van der Waals surface area contributed by atoms with Gasteiger partial charge in [0.2, 0.25) is 0 Å². The molecular weight excluding hydrogens is 250 g/mol. The molecule has 0 aliphatic carbocycles. The number of benzene rings is 1. The molecule has 2 rings (SSSR count). The Bertz CT molecular complexity index is 586. The van der Waals surface area contributed by atoms with Crippen molar-refractivity contribution in [2.75, 3.05) is 7.11 Å². The van der Waals surface area contributed by atoms with Gasteiger partial charge in [0.25, 0.3) is 0 Å². The van der Waals surface area contributed by atoms with Crippen molar-refractivity contribution >= 4 is 28.5 Å². The highest BCUT2D eigenvalue weighted by Crippen LogP contribution is 2.26. The zero-order valence-electron chi connectivity index (χ0n) is 10.7. The molecule has 0 saturated heterocycles. The van der Waals surface area contributed by atoms with E-state index in [1.165, 1.54) is 7.11 Å². The van der Waals surface area contributed by atoms with Crippen LogP contribution in [0, 0.1) is 5.41 Å². The van der Waals surface area contributed by atoms with Crippen LogP contribution in [0.5, 0.6) is 0 Å². The van der Waals surface area contributed by atoms with Crippen molar-refractivity contribution in [3.63, 3.8) is 0 Å². The summed E-state index contributed by atoms with van der Waals surface area (Å²) in [6.07, 6.45) is 1.96. The van der Waals surface area contributed by atoms with Crippen molar-refractivity contribution in [1.29, 1.82) is 0 Å². The minimum atomic E-state index is -0.566. The molecule has 0 spiro atoms. The second kappa shape index (κ2) is 4.65. The van der Waals surface area contributed by atoms with Crippen molar-refractivity contribution in [1.82, 2.24) is 4.57 Å². The van der Waals surface area contributed by atoms with E-state index in [4.69, 9.17) is 16.3 Å². The van der Waals surface area contributed by atoms with Crippen molar-refractivity contribution < 1.29 is 9.53 Å². The average molecular weight is 266 g/mol. The van der Waals surface area contributed by atoms with Gasteiger partial charge in [0.05, 0.1) is 12.5 Å². The SMILES string of the molecule is COC(=O)C(C)(C)Cn1ccc2ccc(Cl)cc21. The molecule has 18 heavy (non-hydrogen) atoms. The molecule has 0 aliphatic heterocycles. The van der Waals surface area contributed by atoms with Crippen molar-refractivity contribution in [2.24, 2.45) is 5.41 Å². The van der Waals surface area contributed by atoms with Crippen LogP contribution in [0.2, 0.25) is 5.02 Å². The van der Waals surface area contributed by atoms with E-state index < -0.39 is 5.41 Å². The molecule has 0 unspecified atom stereocenters. The van der Waals surface area contributed by atoms with E-state index in [1.807, 2.05) is 48.9 Å². The summed E-state index contributed by atoms with van der Waals surface area (Å²) >= 11 is 6.00. The normalized spacial score (nSPS) is 11.8. The Kier molecular flexibility index (Phi) is 3.35. The van der Waals surface area contributed by atoms with Gasteiger partial charge in [-0.2, -0.15) is 0 Å². The van der Waals surface area contributed by atoms with E-state index in [0.29, 0.717) is 11.6 Å². The van der Waals surface area contributed by atoms with Gasteiger partial charge in [-0.25, -0.2) is 0 Å². The van der Waals surface area contributed by atoms with Gasteiger partial charge in [-0.05, 0) is 37.4 Å². The monoisotopic (exact) mass is 265 g/mol. The second-order valence-electron chi connectivity index (χ2n) is 5.02. The van der Waals surface area contributed by atoms with Crippen LogP contribution in [-0.4, -0.2) is 17.6 Å². The average Bonchev–Trinajstić information content (AvgIpc) is 2.70. The Hall–Kier alpha value is -1.48. The van der Waals surface area contributed by atoms with Crippen LogP contribution in [0.4, 0.5) is 0 Å². The molecule has 0 saturated carbocycles. The van der Waals surface area contributed by atoms with Gasteiger partial charge in [-0.1, -0.05) is 17.7 Å². The molecule has 0 atom stereocenters. The van der Waals surface area contributed by atoms with Gasteiger partial charge in [0.1, 0.15) is 0 Å². The maximum absolute atomic E-state index is 11.7. The maximum atomic E-state index is 11.7. The predicted octanol–water partition coefficient (Wildman–Crippen LogP) is 3.49. The summed E-state index contributed by atoms with van der Waals surface area (Å²) in [6.45, 7) is 4.30. The standard InChI is InChI=1S/C14H16ClNO2/c1-14(2,13(17)18-3)9-16-7-6-10-4-5-11(15)8-12(10)16/h4-8H,9H2,1-3H3. The minimum absolute atomic E-state index is 0.216. The first kappa shape index (κ1) is 13.0. The Morgan fingerprint density at radius 3 is 2.78 bits per heavy atom. The quantitative estimate of drug-likeness (QED) is 0.796. The molecule has 0 radical (unpaired) electrons. The summed E-state index contributed by atoms with van der Waals surface area (Å²) in [6, 6.07) is 7.75. The zero-order chi connectivity index (χ0) is 13.3. The Labute approximate surface area is 111 Å². The first-order chi connectivity index (χ1) is 8.44. The summed E-state index contributed by atoms with van der Waals surface area (Å²) in [5, 5.41) is 1.80. The highest BCUT2D eigenvalue weighted by Gasteiger charge is 2.29. The molecule has 1 heterocycles. The fourth-order valence-corrected chi connectivity index (χ4v) is 2.23. The summed E-state index contributed by atoms with van der Waals surface area (Å²) in [5.41, 5.74) is 0.461. The molecule has 2 aromatic rings. The molecule has 3 nitrogen and oxygen atoms in total. The molecule has 0 N–H and O–H groups in total. The third-order valence-electron chi connectivity index (χ3n) is 3.04. The van der Waals surface area contributed by atoms with Crippen LogP contribution in [0.25, 0.3) is 10.9 Å². The molecule has 0 bridgehead atoms. The van der Waals surface area contributed by atoms with E-state index in [0.717, 1.165) is 10.9 Å².